The van der Waals surface area contributed by atoms with Crippen molar-refractivity contribution in [1.82, 2.24) is 0 Å². The smallest absolute Gasteiger partial charge is 0.307 e. The molecule has 0 aliphatic carbocycles. The highest BCUT2D eigenvalue weighted by Crippen LogP contribution is 2.19. The SMILES string of the molecule is CC(Cc1cccc(Cl)c1)CC(CN)C(=O)O. The van der Waals surface area contributed by atoms with E-state index in [1.807, 2.05) is 31.2 Å². The molecule has 17 heavy (non-hydrogen) atoms. The highest BCUT2D eigenvalue weighted by atomic mass is 35.5. The largest absolute Gasteiger partial charge is 0.481 e. The van der Waals surface area contributed by atoms with Crippen LogP contribution in [-0.2, 0) is 11.2 Å². The standard InChI is InChI=1S/C13H18ClNO2/c1-9(6-11(8-15)13(16)17)5-10-3-2-4-12(14)7-10/h2-4,7,9,11H,5-6,8,15H2,1H3,(H,16,17). The van der Waals surface area contributed by atoms with Gasteiger partial charge in [-0.3, -0.25) is 4.79 Å². The fraction of sp³-hybridized carbons (Fsp3) is 0.462. The molecule has 0 heterocycles. The Labute approximate surface area is 107 Å². The van der Waals surface area contributed by atoms with Gasteiger partial charge >= 0.3 is 5.97 Å². The van der Waals surface area contributed by atoms with Crippen LogP contribution >= 0.6 is 11.6 Å². The third-order valence-electron chi connectivity index (χ3n) is 2.79. The summed E-state index contributed by atoms with van der Waals surface area (Å²) in [5.74, 6) is -0.993. The van der Waals surface area contributed by atoms with Gasteiger partial charge in [0.2, 0.25) is 0 Å². The number of hydrogen-bond acceptors (Lipinski definition) is 2. The van der Waals surface area contributed by atoms with E-state index in [1.54, 1.807) is 0 Å². The maximum atomic E-state index is 10.9. The molecule has 1 rings (SSSR count). The van der Waals surface area contributed by atoms with Crippen molar-refractivity contribution in [3.8, 4) is 0 Å². The fourth-order valence-electron chi connectivity index (χ4n) is 1.93. The number of benzene rings is 1. The predicted molar refractivity (Wildman–Crippen MR) is 69.1 cm³/mol. The Morgan fingerprint density at radius 3 is 2.76 bits per heavy atom. The Morgan fingerprint density at radius 2 is 2.24 bits per heavy atom. The number of carboxylic acids is 1. The molecular weight excluding hydrogens is 238 g/mol. The molecule has 0 fully saturated rings. The molecule has 0 aliphatic heterocycles. The van der Waals surface area contributed by atoms with Crippen LogP contribution in [0.1, 0.15) is 18.9 Å². The molecule has 0 radical (unpaired) electrons. The molecule has 0 spiro atoms. The summed E-state index contributed by atoms with van der Waals surface area (Å²) in [6, 6.07) is 7.65. The Balaban J connectivity index is 2.54. The van der Waals surface area contributed by atoms with Crippen molar-refractivity contribution in [2.45, 2.75) is 19.8 Å². The van der Waals surface area contributed by atoms with E-state index in [-0.39, 0.29) is 12.5 Å². The third kappa shape index (κ3) is 4.75. The first-order valence-corrected chi connectivity index (χ1v) is 6.08. The van der Waals surface area contributed by atoms with Crippen molar-refractivity contribution in [1.29, 1.82) is 0 Å². The normalized spacial score (nSPS) is 14.3. The Bertz CT molecular complexity index is 381. The molecule has 0 saturated heterocycles. The van der Waals surface area contributed by atoms with E-state index in [0.29, 0.717) is 11.4 Å². The topological polar surface area (TPSA) is 63.3 Å². The second-order valence-electron chi connectivity index (χ2n) is 4.45. The van der Waals surface area contributed by atoms with Crippen LogP contribution in [0.2, 0.25) is 5.02 Å². The molecule has 1 aromatic carbocycles. The highest BCUT2D eigenvalue weighted by Gasteiger charge is 2.18. The number of carboxylic acid groups (broad SMARTS) is 1. The average molecular weight is 256 g/mol. The molecule has 2 unspecified atom stereocenters. The Kier molecular flexibility index (Phi) is 5.45. The number of halogens is 1. The zero-order valence-electron chi connectivity index (χ0n) is 9.90. The number of rotatable bonds is 6. The van der Waals surface area contributed by atoms with Gasteiger partial charge in [-0.1, -0.05) is 30.7 Å². The summed E-state index contributed by atoms with van der Waals surface area (Å²) < 4.78 is 0. The quantitative estimate of drug-likeness (QED) is 0.821. The molecule has 0 aliphatic rings. The second kappa shape index (κ2) is 6.62. The first-order valence-electron chi connectivity index (χ1n) is 5.70. The van der Waals surface area contributed by atoms with E-state index in [0.717, 1.165) is 12.0 Å². The fourth-order valence-corrected chi connectivity index (χ4v) is 2.15. The van der Waals surface area contributed by atoms with E-state index in [2.05, 4.69) is 0 Å². The van der Waals surface area contributed by atoms with Gasteiger partial charge in [-0.05, 0) is 36.5 Å². The lowest BCUT2D eigenvalue weighted by molar-refractivity contribution is -0.141. The van der Waals surface area contributed by atoms with E-state index in [9.17, 15) is 4.79 Å². The van der Waals surface area contributed by atoms with E-state index < -0.39 is 11.9 Å². The Hall–Kier alpha value is -1.06. The first kappa shape index (κ1) is 14.0. The molecule has 1 aromatic rings. The highest BCUT2D eigenvalue weighted by molar-refractivity contribution is 6.30. The first-order chi connectivity index (χ1) is 8.02. The van der Waals surface area contributed by atoms with Crippen LogP contribution in [0.25, 0.3) is 0 Å². The van der Waals surface area contributed by atoms with E-state index in [4.69, 9.17) is 22.4 Å². The summed E-state index contributed by atoms with van der Waals surface area (Å²) in [7, 11) is 0. The van der Waals surface area contributed by atoms with Crippen molar-refractivity contribution in [3.63, 3.8) is 0 Å². The summed E-state index contributed by atoms with van der Waals surface area (Å²) in [5.41, 5.74) is 6.57. The number of hydrogen-bond donors (Lipinski definition) is 2. The molecule has 0 bridgehead atoms. The molecule has 2 atom stereocenters. The van der Waals surface area contributed by atoms with Gasteiger partial charge in [-0.2, -0.15) is 0 Å². The average Bonchev–Trinajstić information content (AvgIpc) is 2.25. The second-order valence-corrected chi connectivity index (χ2v) is 4.88. The van der Waals surface area contributed by atoms with Crippen molar-refractivity contribution in [2.24, 2.45) is 17.6 Å². The minimum Gasteiger partial charge on any atom is -0.481 e. The van der Waals surface area contributed by atoms with Crippen LogP contribution in [0.4, 0.5) is 0 Å². The lowest BCUT2D eigenvalue weighted by Gasteiger charge is -2.16. The molecule has 0 aromatic heterocycles. The van der Waals surface area contributed by atoms with Crippen molar-refractivity contribution >= 4 is 17.6 Å². The summed E-state index contributed by atoms with van der Waals surface area (Å²) in [5, 5.41) is 9.64. The molecule has 94 valence electrons. The maximum Gasteiger partial charge on any atom is 0.307 e. The molecule has 0 amide bonds. The molecule has 0 saturated carbocycles. The number of aliphatic carboxylic acids is 1. The van der Waals surface area contributed by atoms with Crippen LogP contribution in [-0.4, -0.2) is 17.6 Å². The van der Waals surface area contributed by atoms with Crippen molar-refractivity contribution < 1.29 is 9.90 Å². The summed E-state index contributed by atoms with van der Waals surface area (Å²) in [6.45, 7) is 2.22. The Morgan fingerprint density at radius 1 is 1.53 bits per heavy atom. The lowest BCUT2D eigenvalue weighted by Crippen LogP contribution is -2.25. The molecule has 4 heteroatoms. The number of nitrogens with two attached hydrogens (primary N) is 1. The van der Waals surface area contributed by atoms with Gasteiger partial charge in [0.25, 0.3) is 0 Å². The third-order valence-corrected chi connectivity index (χ3v) is 3.03. The maximum absolute atomic E-state index is 10.9. The summed E-state index contributed by atoms with van der Waals surface area (Å²) in [6.07, 6.45) is 1.42. The van der Waals surface area contributed by atoms with Crippen LogP contribution in [0.15, 0.2) is 24.3 Å². The molecular formula is C13H18ClNO2. The van der Waals surface area contributed by atoms with Crippen LogP contribution < -0.4 is 5.73 Å². The zero-order chi connectivity index (χ0) is 12.8. The van der Waals surface area contributed by atoms with Gasteiger partial charge in [-0.25, -0.2) is 0 Å². The molecule has 3 nitrogen and oxygen atoms in total. The van der Waals surface area contributed by atoms with Gasteiger partial charge in [0.05, 0.1) is 5.92 Å². The summed E-state index contributed by atoms with van der Waals surface area (Å²) >= 11 is 5.90. The minimum atomic E-state index is -0.814. The predicted octanol–water partition coefficient (Wildman–Crippen LogP) is 2.57. The van der Waals surface area contributed by atoms with E-state index in [1.165, 1.54) is 0 Å². The van der Waals surface area contributed by atoms with Gasteiger partial charge in [-0.15, -0.1) is 0 Å². The summed E-state index contributed by atoms with van der Waals surface area (Å²) in [4.78, 5) is 10.9. The lowest BCUT2D eigenvalue weighted by atomic mass is 9.91. The van der Waals surface area contributed by atoms with Crippen LogP contribution in [0.5, 0.6) is 0 Å². The van der Waals surface area contributed by atoms with Crippen LogP contribution in [0, 0.1) is 11.8 Å². The molecule has 3 N–H and O–H groups in total. The number of carbonyl (C=O) groups is 1. The van der Waals surface area contributed by atoms with Crippen molar-refractivity contribution in [2.75, 3.05) is 6.54 Å². The van der Waals surface area contributed by atoms with Gasteiger partial charge in [0.15, 0.2) is 0 Å². The van der Waals surface area contributed by atoms with Gasteiger partial charge < -0.3 is 10.8 Å². The van der Waals surface area contributed by atoms with E-state index >= 15 is 0 Å². The monoisotopic (exact) mass is 255 g/mol. The van der Waals surface area contributed by atoms with Crippen LogP contribution in [0.3, 0.4) is 0 Å². The van der Waals surface area contributed by atoms with Gasteiger partial charge in [0.1, 0.15) is 0 Å². The van der Waals surface area contributed by atoms with Crippen molar-refractivity contribution in [3.05, 3.63) is 34.9 Å². The zero-order valence-corrected chi connectivity index (χ0v) is 10.7. The minimum absolute atomic E-state index is 0.190. The van der Waals surface area contributed by atoms with Gasteiger partial charge in [0, 0.05) is 11.6 Å².